The Morgan fingerprint density at radius 2 is 1.87 bits per heavy atom. The molecule has 3 aromatic rings. The van der Waals surface area contributed by atoms with Gasteiger partial charge in [-0.25, -0.2) is 4.39 Å². The minimum absolute atomic E-state index is 0.148. The number of allylic oxidation sites excluding steroid dienone is 2. The highest BCUT2D eigenvalue weighted by atomic mass is 19.1. The first-order chi connectivity index (χ1) is 14.5. The number of amides is 1. The van der Waals surface area contributed by atoms with Crippen LogP contribution in [0.5, 0.6) is 5.75 Å². The molecule has 1 atom stereocenters. The maximum atomic E-state index is 13.6. The number of methoxy groups -OCH3 is 1. The first-order valence-corrected chi connectivity index (χ1v) is 9.93. The fourth-order valence-corrected chi connectivity index (χ4v) is 3.87. The van der Waals surface area contributed by atoms with E-state index in [-0.39, 0.29) is 17.8 Å². The third-order valence-electron chi connectivity index (χ3n) is 5.32. The number of rotatable bonds is 6. The van der Waals surface area contributed by atoms with Crippen LogP contribution in [0, 0.1) is 5.82 Å². The van der Waals surface area contributed by atoms with Gasteiger partial charge >= 0.3 is 0 Å². The number of nitrogens with zero attached hydrogens (tertiary/aromatic N) is 2. The molecule has 2 heterocycles. The highest BCUT2D eigenvalue weighted by Gasteiger charge is 2.42. The highest BCUT2D eigenvalue weighted by molar-refractivity contribution is 6.10. The zero-order valence-corrected chi connectivity index (χ0v) is 17.3. The Morgan fingerprint density at radius 1 is 1.17 bits per heavy atom. The second-order valence-corrected chi connectivity index (χ2v) is 7.61. The SMILES string of the molecule is COc1ccc(N2C(=O)c3[nH]nc(CCC=C(C)C)c3C2c2ccc(F)cc2)cc1. The monoisotopic (exact) mass is 405 g/mol. The number of anilines is 1. The first kappa shape index (κ1) is 19.9. The van der Waals surface area contributed by atoms with Gasteiger partial charge in [0.25, 0.3) is 5.91 Å². The minimum atomic E-state index is -0.373. The number of carbonyl (C=O) groups excluding carboxylic acids is 1. The molecule has 5 nitrogen and oxygen atoms in total. The summed E-state index contributed by atoms with van der Waals surface area (Å²) in [4.78, 5) is 15.1. The zero-order chi connectivity index (χ0) is 21.3. The molecule has 0 aliphatic carbocycles. The summed E-state index contributed by atoms with van der Waals surface area (Å²) in [6.45, 7) is 4.12. The topological polar surface area (TPSA) is 58.2 Å². The van der Waals surface area contributed by atoms with Gasteiger partial charge in [-0.1, -0.05) is 23.8 Å². The first-order valence-electron chi connectivity index (χ1n) is 9.93. The molecule has 154 valence electrons. The van der Waals surface area contributed by atoms with E-state index in [2.05, 4.69) is 30.1 Å². The molecule has 1 aliphatic heterocycles. The number of benzene rings is 2. The summed E-state index contributed by atoms with van der Waals surface area (Å²) in [6.07, 6.45) is 3.72. The molecule has 2 aromatic carbocycles. The molecule has 0 fully saturated rings. The van der Waals surface area contributed by atoms with Crippen molar-refractivity contribution in [2.45, 2.75) is 32.7 Å². The number of hydrogen-bond donors (Lipinski definition) is 1. The number of carbonyl (C=O) groups is 1. The lowest BCUT2D eigenvalue weighted by Crippen LogP contribution is -2.29. The van der Waals surface area contributed by atoms with Gasteiger partial charge in [-0.05, 0) is 68.7 Å². The van der Waals surface area contributed by atoms with Crippen molar-refractivity contribution >= 4 is 11.6 Å². The number of hydrogen-bond acceptors (Lipinski definition) is 3. The molecule has 1 unspecified atom stereocenters. The molecule has 1 amide bonds. The van der Waals surface area contributed by atoms with Crippen molar-refractivity contribution < 1.29 is 13.9 Å². The molecular weight excluding hydrogens is 381 g/mol. The highest BCUT2D eigenvalue weighted by Crippen LogP contribution is 2.43. The van der Waals surface area contributed by atoms with Crippen LogP contribution in [-0.2, 0) is 6.42 Å². The number of nitrogens with one attached hydrogen (secondary N) is 1. The third-order valence-corrected chi connectivity index (χ3v) is 5.32. The number of fused-ring (bicyclic) bond motifs is 1. The van der Waals surface area contributed by atoms with E-state index >= 15 is 0 Å². The molecule has 0 bridgehead atoms. The molecule has 1 aromatic heterocycles. The molecule has 30 heavy (non-hydrogen) atoms. The summed E-state index contributed by atoms with van der Waals surface area (Å²) in [5.74, 6) is 0.257. The fraction of sp³-hybridized carbons (Fsp3) is 0.250. The van der Waals surface area contributed by atoms with Crippen LogP contribution in [0.4, 0.5) is 10.1 Å². The third kappa shape index (κ3) is 3.61. The average molecular weight is 405 g/mol. The van der Waals surface area contributed by atoms with E-state index in [0.717, 1.165) is 35.3 Å². The van der Waals surface area contributed by atoms with Crippen molar-refractivity contribution in [3.8, 4) is 5.75 Å². The van der Waals surface area contributed by atoms with Crippen molar-refractivity contribution in [2.24, 2.45) is 0 Å². The van der Waals surface area contributed by atoms with Crippen molar-refractivity contribution in [1.82, 2.24) is 10.2 Å². The number of aryl methyl sites for hydroxylation is 1. The molecule has 0 spiro atoms. The van der Waals surface area contributed by atoms with E-state index in [0.29, 0.717) is 11.4 Å². The van der Waals surface area contributed by atoms with E-state index in [9.17, 15) is 9.18 Å². The number of ether oxygens (including phenoxy) is 1. The second-order valence-electron chi connectivity index (χ2n) is 7.61. The predicted molar refractivity (Wildman–Crippen MR) is 114 cm³/mol. The van der Waals surface area contributed by atoms with E-state index in [1.54, 1.807) is 24.1 Å². The van der Waals surface area contributed by atoms with Crippen LogP contribution in [0.1, 0.15) is 53.6 Å². The lowest BCUT2D eigenvalue weighted by Gasteiger charge is -2.26. The van der Waals surface area contributed by atoms with E-state index in [1.165, 1.54) is 17.7 Å². The Labute approximate surface area is 175 Å². The molecule has 4 rings (SSSR count). The van der Waals surface area contributed by atoms with Gasteiger partial charge in [0.2, 0.25) is 0 Å². The maximum absolute atomic E-state index is 13.6. The lowest BCUT2D eigenvalue weighted by molar-refractivity contribution is 0.0988. The van der Waals surface area contributed by atoms with Gasteiger partial charge in [-0.15, -0.1) is 0 Å². The summed E-state index contributed by atoms with van der Waals surface area (Å²) < 4.78 is 18.8. The van der Waals surface area contributed by atoms with Crippen molar-refractivity contribution in [3.63, 3.8) is 0 Å². The fourth-order valence-electron chi connectivity index (χ4n) is 3.87. The lowest BCUT2D eigenvalue weighted by atomic mass is 9.97. The van der Waals surface area contributed by atoms with Gasteiger partial charge in [0.05, 0.1) is 18.8 Å². The zero-order valence-electron chi connectivity index (χ0n) is 17.3. The molecule has 0 radical (unpaired) electrons. The minimum Gasteiger partial charge on any atom is -0.497 e. The van der Waals surface area contributed by atoms with Gasteiger partial charge < -0.3 is 4.74 Å². The quantitative estimate of drug-likeness (QED) is 0.573. The van der Waals surface area contributed by atoms with Crippen LogP contribution < -0.4 is 9.64 Å². The van der Waals surface area contributed by atoms with Crippen LogP contribution in [0.3, 0.4) is 0 Å². The van der Waals surface area contributed by atoms with Crippen LogP contribution in [0.15, 0.2) is 60.2 Å². The van der Waals surface area contributed by atoms with E-state index < -0.39 is 0 Å². The standard InChI is InChI=1S/C24H24FN3O2/c1-15(2)5-4-6-20-21-22(27-26-20)24(29)28(18-11-13-19(30-3)14-12-18)23(21)16-7-9-17(25)10-8-16/h5,7-14,23H,4,6H2,1-3H3,(H,26,27). The van der Waals surface area contributed by atoms with Crippen LogP contribution in [0.25, 0.3) is 0 Å². The van der Waals surface area contributed by atoms with Gasteiger partial charge in [0.15, 0.2) is 0 Å². The van der Waals surface area contributed by atoms with Crippen molar-refractivity contribution in [2.75, 3.05) is 12.0 Å². The van der Waals surface area contributed by atoms with Crippen molar-refractivity contribution in [3.05, 3.63) is 88.5 Å². The second kappa shape index (κ2) is 8.14. The molecule has 1 N–H and O–H groups in total. The smallest absolute Gasteiger partial charge is 0.277 e. The Hall–Kier alpha value is -3.41. The summed E-state index contributed by atoms with van der Waals surface area (Å²) in [5, 5.41) is 7.38. The molecule has 6 heteroatoms. The Balaban J connectivity index is 1.79. The van der Waals surface area contributed by atoms with E-state index in [1.807, 2.05) is 24.3 Å². The Bertz CT molecular complexity index is 1080. The average Bonchev–Trinajstić information content (AvgIpc) is 3.27. The molecule has 1 aliphatic rings. The molecule has 0 saturated carbocycles. The largest absolute Gasteiger partial charge is 0.497 e. The van der Waals surface area contributed by atoms with Crippen LogP contribution in [-0.4, -0.2) is 23.2 Å². The molecular formula is C24H24FN3O2. The summed E-state index contributed by atoms with van der Waals surface area (Å²) in [6, 6.07) is 13.3. The Morgan fingerprint density at radius 3 is 2.50 bits per heavy atom. The maximum Gasteiger partial charge on any atom is 0.277 e. The van der Waals surface area contributed by atoms with Crippen LogP contribution >= 0.6 is 0 Å². The van der Waals surface area contributed by atoms with Crippen molar-refractivity contribution in [1.29, 1.82) is 0 Å². The Kier molecular flexibility index (Phi) is 5.40. The number of H-pyrrole nitrogens is 1. The predicted octanol–water partition coefficient (Wildman–Crippen LogP) is 5.21. The van der Waals surface area contributed by atoms with Gasteiger partial charge in [-0.3, -0.25) is 14.8 Å². The number of aromatic nitrogens is 2. The summed E-state index contributed by atoms with van der Waals surface area (Å²) >= 11 is 0. The van der Waals surface area contributed by atoms with Gasteiger partial charge in [0.1, 0.15) is 17.3 Å². The summed E-state index contributed by atoms with van der Waals surface area (Å²) in [7, 11) is 1.60. The summed E-state index contributed by atoms with van der Waals surface area (Å²) in [5.41, 5.74) is 5.05. The van der Waals surface area contributed by atoms with E-state index in [4.69, 9.17) is 4.74 Å². The van der Waals surface area contributed by atoms with Gasteiger partial charge in [0, 0.05) is 11.3 Å². The molecule has 0 saturated heterocycles. The number of halogens is 1. The van der Waals surface area contributed by atoms with Gasteiger partial charge in [-0.2, -0.15) is 5.10 Å². The van der Waals surface area contributed by atoms with Crippen LogP contribution in [0.2, 0.25) is 0 Å². The number of aromatic amines is 1. The normalized spacial score (nSPS) is 15.3.